The van der Waals surface area contributed by atoms with Crippen molar-refractivity contribution in [3.05, 3.63) is 27.7 Å². The van der Waals surface area contributed by atoms with E-state index in [1.165, 1.54) is 13.3 Å². The molecule has 0 aromatic heterocycles. The Morgan fingerprint density at radius 3 is 2.69 bits per heavy atom. The zero-order chi connectivity index (χ0) is 9.84. The van der Waals surface area contributed by atoms with E-state index in [9.17, 15) is 0 Å². The number of hydrogen-bond donors (Lipinski definition) is 1. The Kier molecular flexibility index (Phi) is 3.39. The Morgan fingerprint density at radius 1 is 1.46 bits per heavy atom. The molecule has 0 aliphatic carbocycles. The van der Waals surface area contributed by atoms with Gasteiger partial charge in [0.2, 0.25) is 0 Å². The molecule has 0 saturated carbocycles. The summed E-state index contributed by atoms with van der Waals surface area (Å²) in [7, 11) is 1.48. The monoisotopic (exact) mass is 219 g/mol. The summed E-state index contributed by atoms with van der Waals surface area (Å²) in [5.41, 5.74) is 0.530. The molecule has 0 aliphatic rings. The summed E-state index contributed by atoms with van der Waals surface area (Å²) in [6.45, 7) is 0. The van der Waals surface area contributed by atoms with Gasteiger partial charge in [-0.1, -0.05) is 28.4 Å². The minimum Gasteiger partial charge on any atom is -0.495 e. The van der Waals surface area contributed by atoms with Crippen molar-refractivity contribution in [2.24, 2.45) is 5.16 Å². The second kappa shape index (κ2) is 4.35. The predicted molar refractivity (Wildman–Crippen MR) is 52.4 cm³/mol. The fourth-order valence-electron chi connectivity index (χ4n) is 0.954. The molecule has 70 valence electrons. The molecule has 3 nitrogen and oxygen atoms in total. The van der Waals surface area contributed by atoms with Crippen molar-refractivity contribution in [3.63, 3.8) is 0 Å². The Morgan fingerprint density at radius 2 is 2.15 bits per heavy atom. The molecule has 0 heterocycles. The molecule has 1 rings (SSSR count). The summed E-state index contributed by atoms with van der Waals surface area (Å²) in [6, 6.07) is 3.14. The topological polar surface area (TPSA) is 41.8 Å². The fraction of sp³-hybridized carbons (Fsp3) is 0.125. The van der Waals surface area contributed by atoms with Crippen LogP contribution < -0.4 is 4.74 Å². The van der Waals surface area contributed by atoms with Crippen molar-refractivity contribution in [1.82, 2.24) is 0 Å². The van der Waals surface area contributed by atoms with Gasteiger partial charge in [0.15, 0.2) is 0 Å². The van der Waals surface area contributed by atoms with Crippen LogP contribution in [0, 0.1) is 0 Å². The lowest BCUT2D eigenvalue weighted by Crippen LogP contribution is -1.92. The zero-order valence-electron chi connectivity index (χ0n) is 6.79. The van der Waals surface area contributed by atoms with Crippen LogP contribution in [0.4, 0.5) is 0 Å². The molecule has 13 heavy (non-hydrogen) atoms. The highest BCUT2D eigenvalue weighted by Crippen LogP contribution is 2.30. The smallest absolute Gasteiger partial charge is 0.146 e. The van der Waals surface area contributed by atoms with Crippen LogP contribution in [0.15, 0.2) is 17.3 Å². The van der Waals surface area contributed by atoms with Crippen molar-refractivity contribution in [1.29, 1.82) is 0 Å². The molecule has 5 heteroatoms. The Balaban J connectivity index is 3.29. The molecular weight excluding hydrogens is 213 g/mol. The molecule has 0 fully saturated rings. The lowest BCUT2D eigenvalue weighted by Gasteiger charge is -2.06. The largest absolute Gasteiger partial charge is 0.495 e. The van der Waals surface area contributed by atoms with Gasteiger partial charge in [0.05, 0.1) is 18.3 Å². The number of ether oxygens (including phenoxy) is 1. The van der Waals surface area contributed by atoms with Crippen LogP contribution in [0.5, 0.6) is 5.75 Å². The third-order valence-corrected chi connectivity index (χ3v) is 1.94. The summed E-state index contributed by atoms with van der Waals surface area (Å²) >= 11 is 11.5. The van der Waals surface area contributed by atoms with E-state index < -0.39 is 0 Å². The quantitative estimate of drug-likeness (QED) is 0.473. The molecule has 0 spiro atoms. The van der Waals surface area contributed by atoms with E-state index in [1.54, 1.807) is 12.1 Å². The van der Waals surface area contributed by atoms with Crippen LogP contribution in [-0.2, 0) is 0 Å². The van der Waals surface area contributed by atoms with E-state index in [0.717, 1.165) is 0 Å². The van der Waals surface area contributed by atoms with Gasteiger partial charge in [-0.15, -0.1) is 0 Å². The minimum absolute atomic E-state index is 0.380. The maximum atomic E-state index is 8.35. The van der Waals surface area contributed by atoms with Gasteiger partial charge < -0.3 is 9.94 Å². The van der Waals surface area contributed by atoms with Crippen molar-refractivity contribution in [2.45, 2.75) is 0 Å². The molecule has 1 aromatic rings. The fourth-order valence-corrected chi connectivity index (χ4v) is 1.54. The van der Waals surface area contributed by atoms with Crippen LogP contribution in [0.1, 0.15) is 5.56 Å². The second-order valence-corrected chi connectivity index (χ2v) is 3.10. The third kappa shape index (κ3) is 2.26. The summed E-state index contributed by atoms with van der Waals surface area (Å²) in [5, 5.41) is 12.1. The second-order valence-electron chi connectivity index (χ2n) is 2.25. The predicted octanol–water partition coefficient (Wildman–Crippen LogP) is 2.81. The van der Waals surface area contributed by atoms with Crippen molar-refractivity contribution < 1.29 is 9.94 Å². The molecule has 0 atom stereocenters. The number of rotatable bonds is 2. The molecular formula is C8H7Cl2NO2. The number of benzene rings is 1. The van der Waals surface area contributed by atoms with Crippen LogP contribution in [-0.4, -0.2) is 18.5 Å². The van der Waals surface area contributed by atoms with Crippen LogP contribution in [0.3, 0.4) is 0 Å². The first-order valence-corrected chi connectivity index (χ1v) is 4.15. The van der Waals surface area contributed by atoms with E-state index in [1.807, 2.05) is 0 Å². The lowest BCUT2D eigenvalue weighted by atomic mass is 10.2. The third-order valence-electron chi connectivity index (χ3n) is 1.44. The maximum Gasteiger partial charge on any atom is 0.146 e. The molecule has 0 amide bonds. The number of methoxy groups -OCH3 is 1. The molecule has 1 aromatic carbocycles. The summed E-state index contributed by atoms with van der Waals surface area (Å²) in [6.07, 6.45) is 1.20. The van der Waals surface area contributed by atoms with Gasteiger partial charge in [-0.05, 0) is 12.1 Å². The number of halogens is 2. The molecule has 0 radical (unpaired) electrons. The van der Waals surface area contributed by atoms with Crippen molar-refractivity contribution in [3.8, 4) is 5.75 Å². The highest BCUT2D eigenvalue weighted by atomic mass is 35.5. The van der Waals surface area contributed by atoms with E-state index in [0.29, 0.717) is 21.4 Å². The van der Waals surface area contributed by atoms with Crippen LogP contribution in [0.25, 0.3) is 0 Å². The minimum atomic E-state index is 0.380. The van der Waals surface area contributed by atoms with Gasteiger partial charge in [0.1, 0.15) is 5.75 Å². The molecule has 0 saturated heterocycles. The molecule has 0 unspecified atom stereocenters. The normalized spacial score (nSPS) is 10.7. The molecule has 0 bridgehead atoms. The average molecular weight is 220 g/mol. The lowest BCUT2D eigenvalue weighted by molar-refractivity contribution is 0.321. The van der Waals surface area contributed by atoms with E-state index in [2.05, 4.69) is 5.16 Å². The Labute approximate surface area is 85.5 Å². The highest BCUT2D eigenvalue weighted by Gasteiger charge is 2.07. The SMILES string of the molecule is COc1c(Cl)cc(Cl)cc1/C=N\O. The van der Waals surface area contributed by atoms with Crippen LogP contribution in [0.2, 0.25) is 10.0 Å². The number of hydrogen-bond acceptors (Lipinski definition) is 3. The van der Waals surface area contributed by atoms with Gasteiger partial charge in [-0.3, -0.25) is 0 Å². The first-order chi connectivity index (χ1) is 6.19. The van der Waals surface area contributed by atoms with Crippen molar-refractivity contribution >= 4 is 29.4 Å². The summed E-state index contributed by atoms with van der Waals surface area (Å²) in [4.78, 5) is 0. The van der Waals surface area contributed by atoms with Gasteiger partial charge in [0, 0.05) is 10.6 Å². The number of oxime groups is 1. The van der Waals surface area contributed by atoms with E-state index in [4.69, 9.17) is 33.1 Å². The Hall–Kier alpha value is -0.930. The van der Waals surface area contributed by atoms with Gasteiger partial charge >= 0.3 is 0 Å². The van der Waals surface area contributed by atoms with Crippen molar-refractivity contribution in [2.75, 3.05) is 7.11 Å². The first kappa shape index (κ1) is 10.2. The average Bonchev–Trinajstić information content (AvgIpc) is 2.04. The van der Waals surface area contributed by atoms with Gasteiger partial charge in [-0.2, -0.15) is 0 Å². The standard InChI is InChI=1S/C8H7Cl2NO2/c1-13-8-5(4-11-12)2-6(9)3-7(8)10/h2-4,12H,1H3/b11-4-. The molecule has 1 N–H and O–H groups in total. The summed E-state index contributed by atoms with van der Waals surface area (Å²) in [5.74, 6) is 0.434. The Bertz CT molecular complexity index is 339. The highest BCUT2D eigenvalue weighted by molar-refractivity contribution is 6.36. The summed E-state index contributed by atoms with van der Waals surface area (Å²) < 4.78 is 4.99. The van der Waals surface area contributed by atoms with E-state index >= 15 is 0 Å². The zero-order valence-corrected chi connectivity index (χ0v) is 8.30. The maximum absolute atomic E-state index is 8.35. The van der Waals surface area contributed by atoms with Crippen LogP contribution >= 0.6 is 23.2 Å². The first-order valence-electron chi connectivity index (χ1n) is 3.39. The van der Waals surface area contributed by atoms with Gasteiger partial charge in [0.25, 0.3) is 0 Å². The number of nitrogens with zero attached hydrogens (tertiary/aromatic N) is 1. The molecule has 0 aliphatic heterocycles. The van der Waals surface area contributed by atoms with E-state index in [-0.39, 0.29) is 0 Å². The van der Waals surface area contributed by atoms with Gasteiger partial charge in [-0.25, -0.2) is 0 Å².